The number of nitrogens with zero attached hydrogens (tertiary/aromatic N) is 2. The molecule has 0 N–H and O–H groups in total. The first-order valence-electron chi connectivity index (χ1n) is 9.35. The lowest BCUT2D eigenvalue weighted by Crippen LogP contribution is -2.28. The minimum Gasteiger partial charge on any atom is -0.497 e. The molecule has 2 aromatic carbocycles. The molecule has 4 rings (SSSR count). The molecule has 27 heavy (non-hydrogen) atoms. The van der Waals surface area contributed by atoms with Gasteiger partial charge in [-0.15, -0.1) is 11.3 Å². The first-order chi connectivity index (χ1) is 13.2. The lowest BCUT2D eigenvalue weighted by Gasteiger charge is -2.26. The van der Waals surface area contributed by atoms with Crippen LogP contribution in [0.1, 0.15) is 24.1 Å². The Morgan fingerprint density at radius 2 is 1.63 bits per heavy atom. The third-order valence-electron chi connectivity index (χ3n) is 4.97. The van der Waals surface area contributed by atoms with Gasteiger partial charge in [-0.1, -0.05) is 6.42 Å². The van der Waals surface area contributed by atoms with E-state index in [2.05, 4.69) is 17.0 Å². The first-order valence-corrected chi connectivity index (χ1v) is 10.2. The Balaban J connectivity index is 1.70. The van der Waals surface area contributed by atoms with E-state index in [0.717, 1.165) is 47.2 Å². The molecule has 5 heteroatoms. The number of aromatic nitrogens is 1. The zero-order chi connectivity index (χ0) is 18.6. The van der Waals surface area contributed by atoms with E-state index in [-0.39, 0.29) is 5.82 Å². The topological polar surface area (TPSA) is 25.4 Å². The van der Waals surface area contributed by atoms with Gasteiger partial charge in [-0.2, -0.15) is 0 Å². The van der Waals surface area contributed by atoms with Crippen LogP contribution in [0.15, 0.2) is 48.5 Å². The summed E-state index contributed by atoms with van der Waals surface area (Å²) in [4.78, 5) is 8.71. The van der Waals surface area contributed by atoms with Crippen LogP contribution in [0.25, 0.3) is 21.8 Å². The van der Waals surface area contributed by atoms with Gasteiger partial charge in [-0.3, -0.25) is 4.90 Å². The van der Waals surface area contributed by atoms with Crippen LogP contribution in [-0.2, 0) is 6.54 Å². The molecule has 0 saturated carbocycles. The predicted octanol–water partition coefficient (Wildman–Crippen LogP) is 5.61. The van der Waals surface area contributed by atoms with Gasteiger partial charge < -0.3 is 4.74 Å². The van der Waals surface area contributed by atoms with Crippen LogP contribution >= 0.6 is 11.3 Å². The Labute approximate surface area is 163 Å². The number of likely N-dealkylation sites (tertiary alicyclic amines) is 1. The monoisotopic (exact) mass is 382 g/mol. The van der Waals surface area contributed by atoms with Crippen LogP contribution < -0.4 is 4.74 Å². The van der Waals surface area contributed by atoms with Crippen molar-refractivity contribution in [3.8, 4) is 27.6 Å². The molecule has 0 amide bonds. The zero-order valence-corrected chi connectivity index (χ0v) is 16.3. The number of ether oxygens (including phenoxy) is 1. The van der Waals surface area contributed by atoms with Gasteiger partial charge in [0.05, 0.1) is 12.8 Å². The molecule has 1 aromatic heterocycles. The summed E-state index contributed by atoms with van der Waals surface area (Å²) >= 11 is 1.71. The Morgan fingerprint density at radius 3 is 2.30 bits per heavy atom. The van der Waals surface area contributed by atoms with Crippen LogP contribution in [0, 0.1) is 5.82 Å². The van der Waals surface area contributed by atoms with Crippen LogP contribution in [0.4, 0.5) is 4.39 Å². The van der Waals surface area contributed by atoms with Crippen molar-refractivity contribution in [2.75, 3.05) is 20.2 Å². The maximum Gasteiger partial charge on any atom is 0.124 e. The van der Waals surface area contributed by atoms with E-state index in [1.54, 1.807) is 30.6 Å². The Bertz CT molecular complexity index is 884. The Morgan fingerprint density at radius 1 is 0.963 bits per heavy atom. The van der Waals surface area contributed by atoms with Crippen LogP contribution in [0.3, 0.4) is 0 Å². The zero-order valence-electron chi connectivity index (χ0n) is 15.5. The number of hydrogen-bond donors (Lipinski definition) is 0. The van der Waals surface area contributed by atoms with Crippen molar-refractivity contribution in [1.29, 1.82) is 0 Å². The summed E-state index contributed by atoms with van der Waals surface area (Å²) in [6.07, 6.45) is 3.86. The average molecular weight is 383 g/mol. The number of rotatable bonds is 5. The van der Waals surface area contributed by atoms with E-state index in [1.807, 2.05) is 12.1 Å². The van der Waals surface area contributed by atoms with E-state index in [9.17, 15) is 4.39 Å². The van der Waals surface area contributed by atoms with Crippen molar-refractivity contribution in [1.82, 2.24) is 9.88 Å². The highest BCUT2D eigenvalue weighted by atomic mass is 32.1. The molecule has 2 heterocycles. The predicted molar refractivity (Wildman–Crippen MR) is 109 cm³/mol. The van der Waals surface area contributed by atoms with Crippen molar-refractivity contribution >= 4 is 11.3 Å². The van der Waals surface area contributed by atoms with Crippen molar-refractivity contribution in [3.05, 3.63) is 59.2 Å². The van der Waals surface area contributed by atoms with Gasteiger partial charge in [-0.05, 0) is 74.5 Å². The third kappa shape index (κ3) is 4.20. The smallest absolute Gasteiger partial charge is 0.124 e. The molecule has 1 aliphatic heterocycles. The summed E-state index contributed by atoms with van der Waals surface area (Å²) in [5, 5.41) is 0.938. The number of hydrogen-bond acceptors (Lipinski definition) is 4. The molecule has 1 fully saturated rings. The van der Waals surface area contributed by atoms with E-state index in [1.165, 1.54) is 36.3 Å². The van der Waals surface area contributed by atoms with Crippen LogP contribution in [-0.4, -0.2) is 30.1 Å². The highest BCUT2D eigenvalue weighted by Gasteiger charge is 2.18. The highest BCUT2D eigenvalue weighted by molar-refractivity contribution is 7.15. The maximum atomic E-state index is 13.3. The maximum absolute atomic E-state index is 13.3. The highest BCUT2D eigenvalue weighted by Crippen LogP contribution is 2.35. The van der Waals surface area contributed by atoms with E-state index < -0.39 is 0 Å². The fourth-order valence-electron chi connectivity index (χ4n) is 3.47. The minimum absolute atomic E-state index is 0.223. The third-order valence-corrected chi connectivity index (χ3v) is 6.06. The SMILES string of the molecule is COc1ccc(-c2nc(-c3ccc(F)cc3)sc2CN2CCCCC2)cc1. The quantitative estimate of drug-likeness (QED) is 0.573. The van der Waals surface area contributed by atoms with Crippen LogP contribution in [0.2, 0.25) is 0 Å². The van der Waals surface area contributed by atoms with Crippen molar-refractivity contribution in [2.45, 2.75) is 25.8 Å². The van der Waals surface area contributed by atoms with E-state index in [0.29, 0.717) is 0 Å². The van der Waals surface area contributed by atoms with Gasteiger partial charge in [0.2, 0.25) is 0 Å². The van der Waals surface area contributed by atoms with Gasteiger partial charge >= 0.3 is 0 Å². The normalized spacial score (nSPS) is 15.0. The molecule has 0 bridgehead atoms. The van der Waals surface area contributed by atoms with Crippen LogP contribution in [0.5, 0.6) is 5.75 Å². The minimum atomic E-state index is -0.223. The summed E-state index contributed by atoms with van der Waals surface area (Å²) in [6, 6.07) is 14.6. The molecule has 3 nitrogen and oxygen atoms in total. The second-order valence-corrected chi connectivity index (χ2v) is 7.95. The summed E-state index contributed by atoms with van der Waals surface area (Å²) in [5.74, 6) is 0.615. The number of methoxy groups -OCH3 is 1. The lowest BCUT2D eigenvalue weighted by molar-refractivity contribution is 0.223. The Kier molecular flexibility index (Phi) is 5.50. The molecule has 0 aliphatic carbocycles. The molecule has 0 radical (unpaired) electrons. The number of benzene rings is 2. The van der Waals surface area contributed by atoms with Crippen molar-refractivity contribution < 1.29 is 9.13 Å². The molecule has 0 atom stereocenters. The largest absolute Gasteiger partial charge is 0.497 e. The molecular formula is C22H23FN2OS. The first kappa shape index (κ1) is 18.1. The summed E-state index contributed by atoms with van der Waals surface area (Å²) in [5.41, 5.74) is 3.07. The molecule has 1 aliphatic rings. The van der Waals surface area contributed by atoms with E-state index >= 15 is 0 Å². The average Bonchev–Trinajstić information content (AvgIpc) is 3.13. The summed E-state index contributed by atoms with van der Waals surface area (Å²) < 4.78 is 18.6. The molecule has 0 unspecified atom stereocenters. The summed E-state index contributed by atoms with van der Waals surface area (Å²) in [7, 11) is 1.67. The van der Waals surface area contributed by atoms with Crippen molar-refractivity contribution in [2.24, 2.45) is 0 Å². The molecule has 1 saturated heterocycles. The standard InChI is InChI=1S/C22H23FN2OS/c1-26-19-11-7-16(8-12-19)21-20(15-25-13-3-2-4-14-25)27-22(24-21)17-5-9-18(23)10-6-17/h5-12H,2-4,13-15H2,1H3. The van der Waals surface area contributed by atoms with Gasteiger partial charge in [0.25, 0.3) is 0 Å². The Hall–Kier alpha value is -2.24. The fraction of sp³-hybridized carbons (Fsp3) is 0.318. The van der Waals surface area contributed by atoms with Gasteiger partial charge in [-0.25, -0.2) is 9.37 Å². The number of halogens is 1. The van der Waals surface area contributed by atoms with Gasteiger partial charge in [0.1, 0.15) is 16.6 Å². The fourth-order valence-corrected chi connectivity index (χ4v) is 4.60. The molecule has 3 aromatic rings. The lowest BCUT2D eigenvalue weighted by atomic mass is 10.1. The number of thiazole rings is 1. The van der Waals surface area contributed by atoms with Crippen molar-refractivity contribution in [3.63, 3.8) is 0 Å². The van der Waals surface area contributed by atoms with E-state index in [4.69, 9.17) is 9.72 Å². The second-order valence-electron chi connectivity index (χ2n) is 6.86. The van der Waals surface area contributed by atoms with Gasteiger partial charge in [0.15, 0.2) is 0 Å². The summed E-state index contributed by atoms with van der Waals surface area (Å²) in [6.45, 7) is 3.21. The molecule has 140 valence electrons. The molecule has 0 spiro atoms. The second kappa shape index (κ2) is 8.19. The molecular weight excluding hydrogens is 359 g/mol. The van der Waals surface area contributed by atoms with Gasteiger partial charge in [0, 0.05) is 22.5 Å². The number of piperidine rings is 1.